The Hall–Kier alpha value is -1.27. The average molecular weight is 322 g/mol. The van der Waals surface area contributed by atoms with Gasteiger partial charge in [-0.2, -0.15) is 0 Å². The molecule has 1 saturated heterocycles. The number of anilines is 1. The Labute approximate surface area is 119 Å². The van der Waals surface area contributed by atoms with Crippen LogP contribution in [0, 0.1) is 10.1 Å². The maximum atomic E-state index is 12.2. The number of hydrazine groups is 1. The lowest BCUT2D eigenvalue weighted by Crippen LogP contribution is -2.48. The van der Waals surface area contributed by atoms with Crippen LogP contribution < -0.4 is 10.1 Å². The number of ether oxygens (including phenoxy) is 1. The van der Waals surface area contributed by atoms with Gasteiger partial charge in [-0.05, 0) is 0 Å². The first-order valence-electron chi connectivity index (χ1n) is 5.75. The third-order valence-electron chi connectivity index (χ3n) is 2.64. The molecule has 2 heterocycles. The number of morpholine rings is 1. The summed E-state index contributed by atoms with van der Waals surface area (Å²) in [4.78, 5) is 12.6. The summed E-state index contributed by atoms with van der Waals surface area (Å²) in [6.07, 6.45) is 0. The topological polar surface area (TPSA) is 114 Å². The maximum Gasteiger partial charge on any atom is 0.304 e. The number of sulfonamides is 1. The lowest BCUT2D eigenvalue weighted by molar-refractivity contribution is -0.383. The van der Waals surface area contributed by atoms with E-state index in [1.165, 1.54) is 12.1 Å². The highest BCUT2D eigenvalue weighted by atomic mass is 32.2. The normalized spacial score (nSPS) is 17.1. The molecule has 20 heavy (non-hydrogen) atoms. The lowest BCUT2D eigenvalue weighted by Gasteiger charge is -2.26. The van der Waals surface area contributed by atoms with Crippen molar-refractivity contribution < 1.29 is 18.1 Å². The van der Waals surface area contributed by atoms with Crippen molar-refractivity contribution in [3.05, 3.63) is 16.2 Å². The number of hydrogen-bond donors (Lipinski definition) is 2. The van der Waals surface area contributed by atoms with Crippen molar-refractivity contribution >= 4 is 32.0 Å². The summed E-state index contributed by atoms with van der Waals surface area (Å²) in [6, 6.07) is 1.05. The van der Waals surface area contributed by atoms with E-state index in [0.717, 1.165) is 17.4 Å². The highest BCUT2D eigenvalue weighted by molar-refractivity contribution is 7.91. The summed E-state index contributed by atoms with van der Waals surface area (Å²) in [6.45, 7) is 1.75. The molecule has 112 valence electrons. The second kappa shape index (κ2) is 6.01. The van der Waals surface area contributed by atoms with Crippen LogP contribution in [0.3, 0.4) is 0 Å². The molecule has 11 heteroatoms. The standard InChI is InChI=1S/C9H14N4O5S2/c1-10-9-7(13(14)15)6-8(19-9)20(16,17)11-12-2-4-18-5-3-12/h6,10-11H,2-5H2,1H3. The number of rotatable bonds is 5. The molecule has 2 N–H and O–H groups in total. The van der Waals surface area contributed by atoms with E-state index in [1.54, 1.807) is 0 Å². The Morgan fingerprint density at radius 1 is 1.45 bits per heavy atom. The van der Waals surface area contributed by atoms with Gasteiger partial charge in [0.05, 0.1) is 18.1 Å². The second-order valence-electron chi connectivity index (χ2n) is 3.98. The molecular formula is C9H14N4O5S2. The van der Waals surface area contributed by atoms with Gasteiger partial charge >= 0.3 is 5.69 Å². The molecule has 1 aliphatic heterocycles. The van der Waals surface area contributed by atoms with Crippen LogP contribution in [0.4, 0.5) is 10.7 Å². The molecule has 1 fully saturated rings. The monoisotopic (exact) mass is 322 g/mol. The molecule has 1 aromatic heterocycles. The number of nitrogens with zero attached hydrogens (tertiary/aromatic N) is 2. The van der Waals surface area contributed by atoms with E-state index in [1.807, 2.05) is 0 Å². The Morgan fingerprint density at radius 3 is 2.60 bits per heavy atom. The molecular weight excluding hydrogens is 308 g/mol. The summed E-state index contributed by atoms with van der Waals surface area (Å²) in [7, 11) is -2.31. The van der Waals surface area contributed by atoms with Gasteiger partial charge < -0.3 is 10.1 Å². The van der Waals surface area contributed by atoms with Crippen molar-refractivity contribution in [2.24, 2.45) is 0 Å². The molecule has 0 amide bonds. The van der Waals surface area contributed by atoms with Crippen LogP contribution in [0.25, 0.3) is 0 Å². The van der Waals surface area contributed by atoms with Crippen LogP contribution in [-0.4, -0.2) is 51.7 Å². The zero-order valence-corrected chi connectivity index (χ0v) is 12.3. The quantitative estimate of drug-likeness (QED) is 0.589. The van der Waals surface area contributed by atoms with Gasteiger partial charge in [0.15, 0.2) is 5.00 Å². The van der Waals surface area contributed by atoms with Crippen molar-refractivity contribution in [2.45, 2.75) is 4.21 Å². The molecule has 0 bridgehead atoms. The molecule has 0 aromatic carbocycles. The van der Waals surface area contributed by atoms with Crippen LogP contribution in [0.5, 0.6) is 0 Å². The van der Waals surface area contributed by atoms with Crippen LogP contribution >= 0.6 is 11.3 Å². The van der Waals surface area contributed by atoms with Gasteiger partial charge in [0.1, 0.15) is 4.21 Å². The van der Waals surface area contributed by atoms with Gasteiger partial charge in [-0.15, -0.1) is 4.83 Å². The van der Waals surface area contributed by atoms with Gasteiger partial charge in [0.2, 0.25) is 0 Å². The van der Waals surface area contributed by atoms with Crippen molar-refractivity contribution in [2.75, 3.05) is 38.7 Å². The van der Waals surface area contributed by atoms with Crippen LogP contribution in [0.1, 0.15) is 0 Å². The minimum Gasteiger partial charge on any atom is -0.379 e. The fourth-order valence-corrected chi connectivity index (χ4v) is 4.07. The first-order chi connectivity index (χ1) is 9.44. The van der Waals surface area contributed by atoms with E-state index >= 15 is 0 Å². The molecule has 1 aliphatic rings. The molecule has 0 saturated carbocycles. The lowest BCUT2D eigenvalue weighted by atomic mass is 10.5. The Balaban J connectivity index is 2.22. The van der Waals surface area contributed by atoms with E-state index in [4.69, 9.17) is 4.74 Å². The van der Waals surface area contributed by atoms with E-state index < -0.39 is 14.9 Å². The zero-order chi connectivity index (χ0) is 14.8. The molecule has 9 nitrogen and oxygen atoms in total. The van der Waals surface area contributed by atoms with E-state index in [2.05, 4.69) is 10.1 Å². The number of thiophene rings is 1. The van der Waals surface area contributed by atoms with Crippen LogP contribution in [-0.2, 0) is 14.8 Å². The molecule has 1 aromatic rings. The smallest absolute Gasteiger partial charge is 0.304 e. The highest BCUT2D eigenvalue weighted by Crippen LogP contribution is 2.36. The van der Waals surface area contributed by atoms with Gasteiger partial charge in [0, 0.05) is 26.2 Å². The van der Waals surface area contributed by atoms with Crippen LogP contribution in [0.15, 0.2) is 10.3 Å². The summed E-state index contributed by atoms with van der Waals surface area (Å²) in [5.74, 6) is 0. The van der Waals surface area contributed by atoms with Gasteiger partial charge in [-0.3, -0.25) is 10.1 Å². The SMILES string of the molecule is CNc1sc(S(=O)(=O)NN2CCOCC2)cc1[N+](=O)[O-]. The number of nitrogens with one attached hydrogen (secondary N) is 2. The summed E-state index contributed by atoms with van der Waals surface area (Å²) in [5, 5.41) is 15.2. The van der Waals surface area contributed by atoms with E-state index in [-0.39, 0.29) is 14.9 Å². The molecule has 2 rings (SSSR count). The molecule has 0 atom stereocenters. The predicted molar refractivity (Wildman–Crippen MR) is 73.2 cm³/mol. The Kier molecular flexibility index (Phi) is 4.55. The third-order valence-corrected chi connectivity index (χ3v) is 5.63. The fraction of sp³-hybridized carbons (Fsp3) is 0.556. The minimum absolute atomic E-state index is 0.0972. The summed E-state index contributed by atoms with van der Waals surface area (Å²) >= 11 is 0.822. The second-order valence-corrected chi connectivity index (χ2v) is 6.92. The van der Waals surface area contributed by atoms with Gasteiger partial charge in [-0.25, -0.2) is 13.4 Å². The van der Waals surface area contributed by atoms with Crippen molar-refractivity contribution in [1.82, 2.24) is 9.84 Å². The molecule has 0 spiro atoms. The van der Waals surface area contributed by atoms with E-state index in [0.29, 0.717) is 26.3 Å². The fourth-order valence-electron chi connectivity index (χ4n) is 1.68. The Bertz CT molecular complexity index is 593. The average Bonchev–Trinajstić information content (AvgIpc) is 2.84. The molecule has 0 unspecified atom stereocenters. The maximum absolute atomic E-state index is 12.2. The van der Waals surface area contributed by atoms with Crippen molar-refractivity contribution in [3.63, 3.8) is 0 Å². The van der Waals surface area contributed by atoms with Gasteiger partial charge in [0.25, 0.3) is 10.0 Å². The Morgan fingerprint density at radius 2 is 2.10 bits per heavy atom. The number of hydrogen-bond acceptors (Lipinski definition) is 8. The molecule has 0 aliphatic carbocycles. The largest absolute Gasteiger partial charge is 0.379 e. The third kappa shape index (κ3) is 3.24. The first-order valence-corrected chi connectivity index (χ1v) is 8.05. The predicted octanol–water partition coefficient (Wildman–Crippen LogP) is 0.224. The van der Waals surface area contributed by atoms with Crippen molar-refractivity contribution in [1.29, 1.82) is 0 Å². The summed E-state index contributed by atoms with van der Waals surface area (Å²) < 4.78 is 29.4. The molecule has 0 radical (unpaired) electrons. The van der Waals surface area contributed by atoms with Crippen LogP contribution in [0.2, 0.25) is 0 Å². The number of nitro groups is 1. The minimum atomic E-state index is -3.81. The zero-order valence-electron chi connectivity index (χ0n) is 10.7. The van der Waals surface area contributed by atoms with Gasteiger partial charge in [-0.1, -0.05) is 11.3 Å². The van der Waals surface area contributed by atoms with Crippen molar-refractivity contribution in [3.8, 4) is 0 Å². The van der Waals surface area contributed by atoms with E-state index in [9.17, 15) is 18.5 Å². The summed E-state index contributed by atoms with van der Waals surface area (Å²) in [5.41, 5.74) is -0.250. The highest BCUT2D eigenvalue weighted by Gasteiger charge is 2.27. The first kappa shape index (κ1) is 15.1.